The molecule has 2 aromatic carbocycles. The molecule has 0 saturated heterocycles. The average Bonchev–Trinajstić information content (AvgIpc) is 2.41. The Morgan fingerprint density at radius 3 is 2.47 bits per heavy atom. The average molecular weight is 253 g/mol. The van der Waals surface area contributed by atoms with Gasteiger partial charge in [0.05, 0.1) is 18.2 Å². The van der Waals surface area contributed by atoms with Crippen molar-refractivity contribution in [2.45, 2.75) is 13.8 Å². The first-order chi connectivity index (χ1) is 9.24. The Morgan fingerprint density at radius 1 is 1.11 bits per heavy atom. The van der Waals surface area contributed by atoms with Crippen molar-refractivity contribution in [1.29, 1.82) is 5.26 Å². The molecule has 0 N–H and O–H groups in total. The summed E-state index contributed by atoms with van der Waals surface area (Å²) in [5.74, 6) is 2.09. The maximum atomic E-state index is 8.90. The lowest BCUT2D eigenvalue weighted by molar-refractivity contribution is 0.321. The van der Waals surface area contributed by atoms with Crippen LogP contribution < -0.4 is 9.47 Å². The second kappa shape index (κ2) is 5.92. The van der Waals surface area contributed by atoms with Crippen LogP contribution >= 0.6 is 0 Å². The van der Waals surface area contributed by atoms with Crippen LogP contribution in [0, 0.1) is 18.3 Å². The fraction of sp³-hybridized carbons (Fsp3) is 0.188. The van der Waals surface area contributed by atoms with E-state index in [1.54, 1.807) is 12.1 Å². The molecule has 0 aliphatic rings. The minimum atomic E-state index is 0.590. The molecule has 0 aliphatic carbocycles. The van der Waals surface area contributed by atoms with Crippen molar-refractivity contribution in [2.24, 2.45) is 0 Å². The Labute approximate surface area is 113 Å². The first-order valence-corrected chi connectivity index (χ1v) is 6.15. The maximum Gasteiger partial charge on any atom is 0.169 e. The number of nitrogens with zero attached hydrogens (tertiary/aromatic N) is 1. The van der Waals surface area contributed by atoms with Gasteiger partial charge in [-0.25, -0.2) is 0 Å². The highest BCUT2D eigenvalue weighted by Crippen LogP contribution is 2.31. The van der Waals surface area contributed by atoms with Crippen LogP contribution in [0.2, 0.25) is 0 Å². The van der Waals surface area contributed by atoms with Crippen molar-refractivity contribution >= 4 is 0 Å². The first kappa shape index (κ1) is 13.0. The van der Waals surface area contributed by atoms with E-state index in [0.717, 1.165) is 5.56 Å². The van der Waals surface area contributed by atoms with Gasteiger partial charge in [-0.1, -0.05) is 12.1 Å². The van der Waals surface area contributed by atoms with Crippen molar-refractivity contribution in [1.82, 2.24) is 0 Å². The van der Waals surface area contributed by atoms with Gasteiger partial charge < -0.3 is 9.47 Å². The molecule has 0 heterocycles. The molecule has 0 spiro atoms. The molecule has 0 radical (unpaired) electrons. The lowest BCUT2D eigenvalue weighted by atomic mass is 10.1. The van der Waals surface area contributed by atoms with E-state index < -0.39 is 0 Å². The second-order valence-corrected chi connectivity index (χ2v) is 4.07. The van der Waals surface area contributed by atoms with E-state index in [-0.39, 0.29) is 0 Å². The Morgan fingerprint density at radius 2 is 1.84 bits per heavy atom. The van der Waals surface area contributed by atoms with E-state index in [2.05, 4.69) is 6.07 Å². The van der Waals surface area contributed by atoms with E-state index in [1.165, 1.54) is 0 Å². The van der Waals surface area contributed by atoms with Crippen LogP contribution in [0.1, 0.15) is 18.1 Å². The zero-order chi connectivity index (χ0) is 13.7. The third kappa shape index (κ3) is 3.05. The summed E-state index contributed by atoms with van der Waals surface area (Å²) in [4.78, 5) is 0. The van der Waals surface area contributed by atoms with Crippen molar-refractivity contribution in [3.8, 4) is 23.3 Å². The van der Waals surface area contributed by atoms with Crippen molar-refractivity contribution in [3.63, 3.8) is 0 Å². The van der Waals surface area contributed by atoms with Gasteiger partial charge in [0.15, 0.2) is 11.5 Å². The lowest BCUT2D eigenvalue weighted by Crippen LogP contribution is -1.95. The Balaban J connectivity index is 2.26. The molecular formula is C16H15NO2. The van der Waals surface area contributed by atoms with Gasteiger partial charge in [-0.15, -0.1) is 0 Å². The molecule has 0 amide bonds. The number of nitriles is 1. The number of benzene rings is 2. The summed E-state index contributed by atoms with van der Waals surface area (Å²) in [7, 11) is 0. The fourth-order valence-corrected chi connectivity index (χ4v) is 1.76. The number of aryl methyl sites for hydroxylation is 1. The van der Waals surface area contributed by atoms with Gasteiger partial charge >= 0.3 is 0 Å². The van der Waals surface area contributed by atoms with Crippen molar-refractivity contribution < 1.29 is 9.47 Å². The molecule has 96 valence electrons. The molecule has 0 aromatic heterocycles. The first-order valence-electron chi connectivity index (χ1n) is 6.15. The quantitative estimate of drug-likeness (QED) is 0.825. The minimum absolute atomic E-state index is 0.590. The van der Waals surface area contributed by atoms with Crippen LogP contribution in [0.5, 0.6) is 17.2 Å². The number of para-hydroxylation sites is 2. The summed E-state index contributed by atoms with van der Waals surface area (Å²) in [6.45, 7) is 4.41. The molecule has 0 aliphatic heterocycles. The summed E-state index contributed by atoms with van der Waals surface area (Å²) < 4.78 is 11.3. The van der Waals surface area contributed by atoms with Gasteiger partial charge in [-0.05, 0) is 49.7 Å². The van der Waals surface area contributed by atoms with Gasteiger partial charge in [-0.3, -0.25) is 0 Å². The predicted octanol–water partition coefficient (Wildman–Crippen LogP) is 4.06. The molecule has 0 bridgehead atoms. The van der Waals surface area contributed by atoms with E-state index in [9.17, 15) is 0 Å². The summed E-state index contributed by atoms with van der Waals surface area (Å²) in [6.07, 6.45) is 0. The molecule has 2 rings (SSSR count). The van der Waals surface area contributed by atoms with Crippen LogP contribution in [-0.2, 0) is 0 Å². The molecule has 0 saturated carbocycles. The van der Waals surface area contributed by atoms with Gasteiger partial charge in [0.25, 0.3) is 0 Å². The minimum Gasteiger partial charge on any atom is -0.490 e. The standard InChI is InChI=1S/C16H15NO2/c1-3-18-15-6-4-5-7-16(15)19-14-9-8-13(11-17)12(2)10-14/h4-10H,3H2,1-2H3. The normalized spacial score (nSPS) is 9.74. The highest BCUT2D eigenvalue weighted by atomic mass is 16.5. The van der Waals surface area contributed by atoms with Crippen LogP contribution in [0.15, 0.2) is 42.5 Å². The number of hydrogen-bond donors (Lipinski definition) is 0. The third-order valence-electron chi connectivity index (χ3n) is 2.70. The van der Waals surface area contributed by atoms with Crippen LogP contribution in [-0.4, -0.2) is 6.61 Å². The van der Waals surface area contributed by atoms with Crippen LogP contribution in [0.25, 0.3) is 0 Å². The number of hydrogen-bond acceptors (Lipinski definition) is 3. The molecular weight excluding hydrogens is 238 g/mol. The zero-order valence-electron chi connectivity index (χ0n) is 11.0. The van der Waals surface area contributed by atoms with Gasteiger partial charge in [0, 0.05) is 0 Å². The summed E-state index contributed by atoms with van der Waals surface area (Å²) in [5.41, 5.74) is 1.55. The van der Waals surface area contributed by atoms with Gasteiger partial charge in [0.2, 0.25) is 0 Å². The third-order valence-corrected chi connectivity index (χ3v) is 2.70. The zero-order valence-corrected chi connectivity index (χ0v) is 11.0. The maximum absolute atomic E-state index is 8.90. The van der Waals surface area contributed by atoms with E-state index >= 15 is 0 Å². The molecule has 19 heavy (non-hydrogen) atoms. The summed E-state index contributed by atoms with van der Waals surface area (Å²) >= 11 is 0. The molecule has 2 aromatic rings. The highest BCUT2D eigenvalue weighted by Gasteiger charge is 2.06. The summed E-state index contributed by atoms with van der Waals surface area (Å²) in [6, 6.07) is 15.1. The molecule has 3 nitrogen and oxygen atoms in total. The topological polar surface area (TPSA) is 42.2 Å². The largest absolute Gasteiger partial charge is 0.490 e. The number of rotatable bonds is 4. The summed E-state index contributed by atoms with van der Waals surface area (Å²) in [5, 5.41) is 8.90. The van der Waals surface area contributed by atoms with E-state index in [4.69, 9.17) is 14.7 Å². The SMILES string of the molecule is CCOc1ccccc1Oc1ccc(C#N)c(C)c1. The Kier molecular flexibility index (Phi) is 4.04. The fourth-order valence-electron chi connectivity index (χ4n) is 1.76. The monoisotopic (exact) mass is 253 g/mol. The lowest BCUT2D eigenvalue weighted by Gasteiger charge is -2.11. The van der Waals surface area contributed by atoms with Crippen LogP contribution in [0.3, 0.4) is 0 Å². The van der Waals surface area contributed by atoms with Crippen molar-refractivity contribution in [3.05, 3.63) is 53.6 Å². The molecule has 0 fully saturated rings. The van der Waals surface area contributed by atoms with E-state index in [1.807, 2.05) is 44.2 Å². The number of ether oxygens (including phenoxy) is 2. The smallest absolute Gasteiger partial charge is 0.169 e. The molecule has 0 unspecified atom stereocenters. The highest BCUT2D eigenvalue weighted by molar-refractivity contribution is 5.46. The Bertz CT molecular complexity index is 614. The second-order valence-electron chi connectivity index (χ2n) is 4.07. The van der Waals surface area contributed by atoms with Crippen molar-refractivity contribution in [2.75, 3.05) is 6.61 Å². The predicted molar refractivity (Wildman–Crippen MR) is 73.6 cm³/mol. The van der Waals surface area contributed by atoms with E-state index in [0.29, 0.717) is 29.4 Å². The Hall–Kier alpha value is -2.47. The van der Waals surface area contributed by atoms with Crippen LogP contribution in [0.4, 0.5) is 0 Å². The molecule has 3 heteroatoms. The molecule has 0 atom stereocenters. The van der Waals surface area contributed by atoms with Gasteiger partial charge in [0.1, 0.15) is 5.75 Å². The van der Waals surface area contributed by atoms with Gasteiger partial charge in [-0.2, -0.15) is 5.26 Å².